The van der Waals surface area contributed by atoms with Crippen LogP contribution < -0.4 is 15.0 Å². The Morgan fingerprint density at radius 1 is 0.951 bits per heavy atom. The number of esters is 2. The molecule has 0 aliphatic heterocycles. The maximum Gasteiger partial charge on any atom is 0.304 e. The van der Waals surface area contributed by atoms with Crippen molar-refractivity contribution >= 4 is 67.9 Å². The smallest absolute Gasteiger partial charge is 0.304 e. The summed E-state index contributed by atoms with van der Waals surface area (Å²) in [5.41, 5.74) is -0.860. The number of carbonyl (C=O) groups is 3. The SMILES string of the molecule is CCOc1cc(N=Nc2c(Br)cc([N+](=O)[O-])cc2[N+](=O)[O-])c(NC(C)=O)cc1N(CCOC(C)=O)CCOC(C)=O. The van der Waals surface area contributed by atoms with Crippen LogP contribution in [-0.2, 0) is 23.9 Å². The van der Waals surface area contributed by atoms with E-state index in [0.717, 1.165) is 12.1 Å². The molecule has 2 rings (SSSR count). The van der Waals surface area contributed by atoms with Gasteiger partial charge in [0.2, 0.25) is 5.91 Å². The van der Waals surface area contributed by atoms with Gasteiger partial charge >= 0.3 is 17.6 Å². The number of ether oxygens (including phenoxy) is 3. The van der Waals surface area contributed by atoms with Crippen molar-refractivity contribution in [3.63, 3.8) is 0 Å². The van der Waals surface area contributed by atoms with Crippen LogP contribution in [0.2, 0.25) is 0 Å². The van der Waals surface area contributed by atoms with Crippen LogP contribution in [0.5, 0.6) is 5.75 Å². The largest absolute Gasteiger partial charge is 0.492 e. The average molecular weight is 639 g/mol. The monoisotopic (exact) mass is 638 g/mol. The molecule has 0 radical (unpaired) electrons. The summed E-state index contributed by atoms with van der Waals surface area (Å²) in [7, 11) is 0. The standard InChI is InChI=1S/C24H27BrN6O10/c1-5-39-23-13-20(27-28-24-18(25)10-17(30(35)36)11-22(24)31(37)38)19(26-14(2)32)12-21(23)29(6-8-40-15(3)33)7-9-41-16(4)34/h10-13H,5-9H2,1-4H3,(H,26,32). The maximum absolute atomic E-state index is 12.0. The highest BCUT2D eigenvalue weighted by Gasteiger charge is 2.24. The quantitative estimate of drug-likeness (QED) is 0.126. The van der Waals surface area contributed by atoms with E-state index >= 15 is 0 Å². The summed E-state index contributed by atoms with van der Waals surface area (Å²) in [6.45, 7) is 6.05. The summed E-state index contributed by atoms with van der Waals surface area (Å²) in [5, 5.41) is 33.4. The zero-order valence-electron chi connectivity index (χ0n) is 22.5. The van der Waals surface area contributed by atoms with Crippen LogP contribution in [0.1, 0.15) is 27.7 Å². The van der Waals surface area contributed by atoms with E-state index in [4.69, 9.17) is 14.2 Å². The van der Waals surface area contributed by atoms with Gasteiger partial charge in [-0.2, -0.15) is 0 Å². The van der Waals surface area contributed by atoms with Crippen LogP contribution in [0.4, 0.5) is 34.1 Å². The number of nitrogens with one attached hydrogen (secondary N) is 1. The molecule has 2 aromatic rings. The molecule has 16 nitrogen and oxygen atoms in total. The Morgan fingerprint density at radius 3 is 2.05 bits per heavy atom. The molecule has 0 atom stereocenters. The number of amides is 1. The van der Waals surface area contributed by atoms with Gasteiger partial charge in [-0.05, 0) is 28.9 Å². The molecule has 41 heavy (non-hydrogen) atoms. The number of nitrogens with zero attached hydrogens (tertiary/aromatic N) is 5. The number of azo groups is 1. The third-order valence-corrected chi connectivity index (χ3v) is 5.66. The number of non-ortho nitro benzene ring substituents is 1. The first kappa shape index (κ1) is 32.5. The molecule has 220 valence electrons. The van der Waals surface area contributed by atoms with Crippen LogP contribution >= 0.6 is 15.9 Å². The first-order chi connectivity index (χ1) is 19.3. The second kappa shape index (κ2) is 15.2. The van der Waals surface area contributed by atoms with Gasteiger partial charge in [-0.3, -0.25) is 34.6 Å². The molecule has 0 spiro atoms. The van der Waals surface area contributed by atoms with Crippen molar-refractivity contribution in [3.05, 3.63) is 49.0 Å². The Bertz CT molecular complexity index is 1350. The fourth-order valence-electron chi connectivity index (χ4n) is 3.42. The van der Waals surface area contributed by atoms with Gasteiger partial charge in [0.05, 0.1) is 51.5 Å². The van der Waals surface area contributed by atoms with Crippen molar-refractivity contribution in [2.75, 3.05) is 43.1 Å². The molecule has 2 aromatic carbocycles. The molecule has 1 amide bonds. The maximum atomic E-state index is 12.0. The fourth-order valence-corrected chi connectivity index (χ4v) is 3.94. The van der Waals surface area contributed by atoms with Crippen LogP contribution in [0.15, 0.2) is 39.0 Å². The third-order valence-electron chi connectivity index (χ3n) is 5.05. The van der Waals surface area contributed by atoms with Gasteiger partial charge in [0.15, 0.2) is 5.69 Å². The predicted molar refractivity (Wildman–Crippen MR) is 149 cm³/mol. The molecular formula is C24H27BrN6O10. The lowest BCUT2D eigenvalue weighted by molar-refractivity contribution is -0.393. The molecule has 0 heterocycles. The molecule has 0 bridgehead atoms. The molecule has 1 N–H and O–H groups in total. The van der Waals surface area contributed by atoms with Crippen LogP contribution in [-0.4, -0.2) is 60.6 Å². The minimum atomic E-state index is -0.834. The second-order valence-electron chi connectivity index (χ2n) is 8.13. The summed E-state index contributed by atoms with van der Waals surface area (Å²) in [6.07, 6.45) is 0. The third kappa shape index (κ3) is 9.79. The number of nitro groups is 2. The lowest BCUT2D eigenvalue weighted by atomic mass is 10.2. The van der Waals surface area contributed by atoms with E-state index in [2.05, 4.69) is 31.5 Å². The predicted octanol–water partition coefficient (Wildman–Crippen LogP) is 4.97. The Hall–Kier alpha value is -4.67. The van der Waals surface area contributed by atoms with Crippen molar-refractivity contribution in [1.82, 2.24) is 0 Å². The van der Waals surface area contributed by atoms with E-state index in [9.17, 15) is 34.6 Å². The number of rotatable bonds is 14. The molecule has 0 aliphatic rings. The normalized spacial score (nSPS) is 10.7. The van der Waals surface area contributed by atoms with Gasteiger partial charge in [-0.15, -0.1) is 10.2 Å². The van der Waals surface area contributed by atoms with Crippen LogP contribution in [0.25, 0.3) is 0 Å². The average Bonchev–Trinajstić information content (AvgIpc) is 2.87. The molecule has 17 heteroatoms. The summed E-state index contributed by atoms with van der Waals surface area (Å²) in [5.74, 6) is -1.18. The van der Waals surface area contributed by atoms with Gasteiger partial charge in [0.1, 0.15) is 24.7 Å². The zero-order valence-corrected chi connectivity index (χ0v) is 24.1. The van der Waals surface area contributed by atoms with E-state index < -0.39 is 39.1 Å². The van der Waals surface area contributed by atoms with Gasteiger partial charge in [-0.1, -0.05) is 0 Å². The number of carbonyl (C=O) groups excluding carboxylic acids is 3. The van der Waals surface area contributed by atoms with E-state index in [1.54, 1.807) is 11.8 Å². The number of hydrogen-bond acceptors (Lipinski definition) is 13. The Kier molecular flexibility index (Phi) is 12.1. The molecule has 0 saturated carbocycles. The molecule has 0 saturated heterocycles. The zero-order chi connectivity index (χ0) is 30.7. The minimum absolute atomic E-state index is 0.00423. The minimum Gasteiger partial charge on any atom is -0.492 e. The van der Waals surface area contributed by atoms with Crippen LogP contribution in [0, 0.1) is 20.2 Å². The highest BCUT2D eigenvalue weighted by Crippen LogP contribution is 2.43. The Morgan fingerprint density at radius 2 is 1.56 bits per heavy atom. The summed E-state index contributed by atoms with van der Waals surface area (Å²) >= 11 is 3.07. The molecule has 0 unspecified atom stereocenters. The second-order valence-corrected chi connectivity index (χ2v) is 8.98. The highest BCUT2D eigenvalue weighted by atomic mass is 79.9. The van der Waals surface area contributed by atoms with Crippen molar-refractivity contribution in [2.24, 2.45) is 10.2 Å². The van der Waals surface area contributed by atoms with Gasteiger partial charge in [0.25, 0.3) is 5.69 Å². The first-order valence-corrected chi connectivity index (χ1v) is 12.8. The fraction of sp³-hybridized carbons (Fsp3) is 0.375. The molecular weight excluding hydrogens is 612 g/mol. The number of halogens is 1. The molecule has 0 aromatic heterocycles. The van der Waals surface area contributed by atoms with Crippen molar-refractivity contribution in [3.8, 4) is 5.75 Å². The number of anilines is 2. The van der Waals surface area contributed by atoms with E-state index in [0.29, 0.717) is 5.69 Å². The topological polar surface area (TPSA) is 205 Å². The number of nitro benzene ring substituents is 2. The van der Waals surface area contributed by atoms with Gasteiger partial charge < -0.3 is 24.4 Å². The van der Waals surface area contributed by atoms with Crippen molar-refractivity contribution in [1.29, 1.82) is 0 Å². The molecule has 0 aliphatic carbocycles. The Balaban J connectivity index is 2.65. The van der Waals surface area contributed by atoms with Crippen LogP contribution in [0.3, 0.4) is 0 Å². The first-order valence-electron chi connectivity index (χ1n) is 12.0. The van der Waals surface area contributed by atoms with Gasteiger partial charge in [0, 0.05) is 32.9 Å². The van der Waals surface area contributed by atoms with Crippen molar-refractivity contribution < 1.29 is 38.4 Å². The van der Waals surface area contributed by atoms with Gasteiger partial charge in [-0.25, -0.2) is 0 Å². The number of hydrogen-bond donors (Lipinski definition) is 1. The lowest BCUT2D eigenvalue weighted by Crippen LogP contribution is -2.32. The summed E-state index contributed by atoms with van der Waals surface area (Å²) in [4.78, 5) is 57.5. The molecule has 0 fully saturated rings. The van der Waals surface area contributed by atoms with E-state index in [1.165, 1.54) is 32.9 Å². The highest BCUT2D eigenvalue weighted by molar-refractivity contribution is 9.10. The number of benzene rings is 2. The summed E-state index contributed by atoms with van der Waals surface area (Å²) in [6, 6.07) is 4.76. The van der Waals surface area contributed by atoms with E-state index in [1.807, 2.05) is 0 Å². The van der Waals surface area contributed by atoms with E-state index in [-0.39, 0.29) is 60.2 Å². The lowest BCUT2D eigenvalue weighted by Gasteiger charge is -2.27. The Labute approximate surface area is 242 Å². The van der Waals surface area contributed by atoms with Crippen molar-refractivity contribution in [2.45, 2.75) is 27.7 Å². The summed E-state index contributed by atoms with van der Waals surface area (Å²) < 4.78 is 15.9.